The summed E-state index contributed by atoms with van der Waals surface area (Å²) in [5, 5.41) is 12.8. The van der Waals surface area contributed by atoms with Crippen molar-refractivity contribution < 1.29 is 4.79 Å². The summed E-state index contributed by atoms with van der Waals surface area (Å²) in [6.45, 7) is 0.456. The predicted molar refractivity (Wildman–Crippen MR) is 100 cm³/mol. The largest absolute Gasteiger partial charge is 0.351 e. The summed E-state index contributed by atoms with van der Waals surface area (Å²) in [4.78, 5) is 12.0. The zero-order valence-electron chi connectivity index (χ0n) is 13.0. The molecule has 3 rings (SSSR count). The van der Waals surface area contributed by atoms with Crippen LogP contribution in [0.2, 0.25) is 10.0 Å². The lowest BCUT2D eigenvalue weighted by Crippen LogP contribution is -2.24. The van der Waals surface area contributed by atoms with Gasteiger partial charge in [0.1, 0.15) is 6.33 Å². The van der Waals surface area contributed by atoms with Crippen molar-refractivity contribution in [2.45, 2.75) is 11.7 Å². The van der Waals surface area contributed by atoms with Gasteiger partial charge in [-0.1, -0.05) is 53.2 Å². The molecule has 0 unspecified atom stereocenters. The Hall–Kier alpha value is -2.02. The van der Waals surface area contributed by atoms with Crippen LogP contribution in [0.1, 0.15) is 5.56 Å². The number of halogens is 2. The fraction of sp³-hybridized carbons (Fsp3) is 0.118. The number of carbonyl (C=O) groups excluding carboxylic acids is 1. The second kappa shape index (κ2) is 8.38. The van der Waals surface area contributed by atoms with E-state index in [4.69, 9.17) is 23.2 Å². The quantitative estimate of drug-likeness (QED) is 0.644. The van der Waals surface area contributed by atoms with E-state index in [1.54, 1.807) is 29.1 Å². The summed E-state index contributed by atoms with van der Waals surface area (Å²) in [7, 11) is 0. The van der Waals surface area contributed by atoms with Crippen molar-refractivity contribution in [2.75, 3.05) is 5.75 Å². The van der Waals surface area contributed by atoms with Crippen molar-refractivity contribution in [1.82, 2.24) is 20.1 Å². The third-order valence-corrected chi connectivity index (χ3v) is 4.77. The molecule has 8 heteroatoms. The molecule has 0 fully saturated rings. The average Bonchev–Trinajstić information content (AvgIpc) is 3.08. The summed E-state index contributed by atoms with van der Waals surface area (Å²) in [6, 6.07) is 14.7. The first kappa shape index (κ1) is 17.8. The van der Waals surface area contributed by atoms with E-state index in [1.165, 1.54) is 11.8 Å². The van der Waals surface area contributed by atoms with E-state index >= 15 is 0 Å². The molecule has 0 aliphatic heterocycles. The van der Waals surface area contributed by atoms with Gasteiger partial charge in [-0.05, 0) is 35.9 Å². The lowest BCUT2D eigenvalue weighted by molar-refractivity contribution is -0.118. The van der Waals surface area contributed by atoms with Crippen LogP contribution in [0.4, 0.5) is 0 Å². The van der Waals surface area contributed by atoms with Gasteiger partial charge >= 0.3 is 0 Å². The molecule has 0 spiro atoms. The van der Waals surface area contributed by atoms with Crippen LogP contribution in [-0.2, 0) is 11.3 Å². The lowest BCUT2D eigenvalue weighted by Gasteiger charge is -2.07. The summed E-state index contributed by atoms with van der Waals surface area (Å²) >= 11 is 13.2. The Morgan fingerprint density at radius 1 is 1.12 bits per heavy atom. The zero-order valence-corrected chi connectivity index (χ0v) is 15.4. The maximum atomic E-state index is 12.0. The molecule has 3 aromatic rings. The van der Waals surface area contributed by atoms with Crippen LogP contribution in [0, 0.1) is 0 Å². The molecule has 0 saturated carbocycles. The first-order valence-electron chi connectivity index (χ1n) is 7.42. The van der Waals surface area contributed by atoms with Crippen LogP contribution in [0.25, 0.3) is 5.69 Å². The maximum Gasteiger partial charge on any atom is 0.230 e. The number of nitrogens with zero attached hydrogens (tertiary/aromatic N) is 3. The van der Waals surface area contributed by atoms with Gasteiger partial charge in [-0.3, -0.25) is 9.36 Å². The van der Waals surface area contributed by atoms with Gasteiger partial charge in [-0.25, -0.2) is 0 Å². The molecule has 5 nitrogen and oxygen atoms in total. The summed E-state index contributed by atoms with van der Waals surface area (Å²) < 4.78 is 1.79. The highest BCUT2D eigenvalue weighted by molar-refractivity contribution is 7.99. The van der Waals surface area contributed by atoms with E-state index in [1.807, 2.05) is 30.3 Å². The third kappa shape index (κ3) is 4.98. The van der Waals surface area contributed by atoms with Crippen LogP contribution in [0.15, 0.2) is 60.0 Å². The topological polar surface area (TPSA) is 59.8 Å². The summed E-state index contributed by atoms with van der Waals surface area (Å²) in [5.41, 5.74) is 1.84. The fourth-order valence-corrected chi connectivity index (χ4v) is 3.18. The number of carbonyl (C=O) groups is 1. The number of aromatic nitrogens is 3. The first-order chi connectivity index (χ1) is 12.1. The number of amides is 1. The van der Waals surface area contributed by atoms with E-state index in [2.05, 4.69) is 15.5 Å². The smallest absolute Gasteiger partial charge is 0.230 e. The third-order valence-electron chi connectivity index (χ3n) is 3.34. The first-order valence-corrected chi connectivity index (χ1v) is 9.16. The number of rotatable bonds is 6. The molecule has 1 aromatic heterocycles. The maximum absolute atomic E-state index is 12.0. The van der Waals surface area contributed by atoms with Crippen LogP contribution >= 0.6 is 35.0 Å². The highest BCUT2D eigenvalue weighted by atomic mass is 35.5. The van der Waals surface area contributed by atoms with Crippen molar-refractivity contribution in [2.24, 2.45) is 0 Å². The molecule has 0 atom stereocenters. The molecule has 128 valence electrons. The minimum atomic E-state index is -0.0828. The standard InChI is InChI=1S/C17H14Cl2N4OS/c18-13-6-4-12(5-7-13)9-20-16(24)10-25-17-22-21-11-23(17)15-3-1-2-14(19)8-15/h1-8,11H,9-10H2,(H,20,24). The van der Waals surface area contributed by atoms with Crippen molar-refractivity contribution >= 4 is 40.9 Å². The average molecular weight is 393 g/mol. The molecular formula is C17H14Cl2N4OS. The van der Waals surface area contributed by atoms with Gasteiger partial charge in [0.05, 0.1) is 11.4 Å². The van der Waals surface area contributed by atoms with Gasteiger partial charge in [0.2, 0.25) is 5.91 Å². The van der Waals surface area contributed by atoms with Crippen molar-refractivity contribution in [3.05, 3.63) is 70.5 Å². The molecule has 2 aromatic carbocycles. The normalized spacial score (nSPS) is 10.6. The van der Waals surface area contributed by atoms with Crippen LogP contribution in [0.3, 0.4) is 0 Å². The molecule has 1 N–H and O–H groups in total. The Labute approximate surface area is 159 Å². The molecule has 0 saturated heterocycles. The predicted octanol–water partition coefficient (Wildman–Crippen LogP) is 3.98. The highest BCUT2D eigenvalue weighted by Gasteiger charge is 2.10. The highest BCUT2D eigenvalue weighted by Crippen LogP contribution is 2.21. The molecular weight excluding hydrogens is 379 g/mol. The number of benzene rings is 2. The van der Waals surface area contributed by atoms with Crippen molar-refractivity contribution in [1.29, 1.82) is 0 Å². The Kier molecular flexibility index (Phi) is 5.96. The van der Waals surface area contributed by atoms with Gasteiger partial charge in [-0.2, -0.15) is 0 Å². The van der Waals surface area contributed by atoms with Crippen LogP contribution in [-0.4, -0.2) is 26.4 Å². The van der Waals surface area contributed by atoms with E-state index < -0.39 is 0 Å². The van der Waals surface area contributed by atoms with Crippen molar-refractivity contribution in [3.63, 3.8) is 0 Å². The van der Waals surface area contributed by atoms with Gasteiger partial charge in [0.15, 0.2) is 5.16 Å². The Morgan fingerprint density at radius 2 is 1.92 bits per heavy atom. The molecule has 1 heterocycles. The zero-order chi connectivity index (χ0) is 17.6. The molecule has 25 heavy (non-hydrogen) atoms. The summed E-state index contributed by atoms with van der Waals surface area (Å²) in [5.74, 6) is 0.160. The van der Waals surface area contributed by atoms with E-state index in [-0.39, 0.29) is 11.7 Å². The molecule has 0 bridgehead atoms. The number of hydrogen-bond donors (Lipinski definition) is 1. The molecule has 1 amide bonds. The Balaban J connectivity index is 1.56. The minimum Gasteiger partial charge on any atom is -0.351 e. The van der Waals surface area contributed by atoms with Crippen LogP contribution < -0.4 is 5.32 Å². The second-order valence-corrected chi connectivity index (χ2v) is 6.97. The second-order valence-electron chi connectivity index (χ2n) is 5.16. The monoisotopic (exact) mass is 392 g/mol. The summed E-state index contributed by atoms with van der Waals surface area (Å²) in [6.07, 6.45) is 1.60. The van der Waals surface area contributed by atoms with Gasteiger partial charge < -0.3 is 5.32 Å². The molecule has 0 aliphatic carbocycles. The van der Waals surface area contributed by atoms with Gasteiger partial charge in [-0.15, -0.1) is 10.2 Å². The van der Waals surface area contributed by atoms with Gasteiger partial charge in [0.25, 0.3) is 0 Å². The molecule has 0 aliphatic rings. The number of nitrogens with one attached hydrogen (secondary N) is 1. The van der Waals surface area contributed by atoms with E-state index in [9.17, 15) is 4.79 Å². The Morgan fingerprint density at radius 3 is 2.68 bits per heavy atom. The van der Waals surface area contributed by atoms with E-state index in [0.29, 0.717) is 21.7 Å². The number of thioether (sulfide) groups is 1. The van der Waals surface area contributed by atoms with Crippen LogP contribution in [0.5, 0.6) is 0 Å². The fourth-order valence-electron chi connectivity index (χ4n) is 2.11. The van der Waals surface area contributed by atoms with Gasteiger partial charge in [0, 0.05) is 16.6 Å². The van der Waals surface area contributed by atoms with E-state index in [0.717, 1.165) is 11.3 Å². The molecule has 0 radical (unpaired) electrons. The SMILES string of the molecule is O=C(CSc1nncn1-c1cccc(Cl)c1)NCc1ccc(Cl)cc1. The minimum absolute atomic E-state index is 0.0828. The van der Waals surface area contributed by atoms with Crippen molar-refractivity contribution in [3.8, 4) is 5.69 Å². The number of hydrogen-bond acceptors (Lipinski definition) is 4. The Bertz CT molecular complexity index is 867. The lowest BCUT2D eigenvalue weighted by atomic mass is 10.2.